The van der Waals surface area contributed by atoms with Crippen molar-refractivity contribution in [2.75, 3.05) is 26.2 Å². The lowest BCUT2D eigenvalue weighted by molar-refractivity contribution is 0.0577. The number of hydrogen-bond donors (Lipinski definition) is 1. The monoisotopic (exact) mass is 289 g/mol. The molecule has 1 atom stereocenters. The van der Waals surface area contributed by atoms with Crippen molar-refractivity contribution in [2.24, 2.45) is 0 Å². The highest BCUT2D eigenvalue weighted by Crippen LogP contribution is 2.23. The second-order valence-corrected chi connectivity index (χ2v) is 5.92. The molecule has 1 amide bonds. The molecular formula is C15H19N3OS. The molecule has 1 aliphatic heterocycles. The number of amides is 1. The van der Waals surface area contributed by atoms with E-state index in [-0.39, 0.29) is 5.91 Å². The molecule has 0 aromatic carbocycles. The van der Waals surface area contributed by atoms with Crippen LogP contribution in [0.4, 0.5) is 0 Å². The third-order valence-electron chi connectivity index (χ3n) is 4.00. The average molecular weight is 289 g/mol. The first kappa shape index (κ1) is 13.4. The van der Waals surface area contributed by atoms with Gasteiger partial charge in [0.25, 0.3) is 5.91 Å². The SMILES string of the molecule is C[C@H](c1ccsc1)N1CCN(C(=O)c2ccc[nH]2)CC1. The van der Waals surface area contributed by atoms with Crippen molar-refractivity contribution in [3.05, 3.63) is 46.4 Å². The number of thiophene rings is 1. The Labute approximate surface area is 123 Å². The Kier molecular flexibility index (Phi) is 3.89. The van der Waals surface area contributed by atoms with E-state index in [2.05, 4.69) is 33.6 Å². The molecular weight excluding hydrogens is 270 g/mol. The molecule has 2 aromatic heterocycles. The number of carbonyl (C=O) groups excluding carboxylic acids is 1. The van der Waals surface area contributed by atoms with Gasteiger partial charge in [-0.3, -0.25) is 9.69 Å². The molecule has 3 rings (SSSR count). The van der Waals surface area contributed by atoms with E-state index < -0.39 is 0 Å². The van der Waals surface area contributed by atoms with Crippen LogP contribution in [0.5, 0.6) is 0 Å². The number of H-pyrrole nitrogens is 1. The van der Waals surface area contributed by atoms with Gasteiger partial charge in [0.1, 0.15) is 5.69 Å². The Balaban J connectivity index is 1.58. The van der Waals surface area contributed by atoms with Gasteiger partial charge in [0.05, 0.1) is 0 Å². The summed E-state index contributed by atoms with van der Waals surface area (Å²) in [7, 11) is 0. The average Bonchev–Trinajstić information content (AvgIpc) is 3.18. The molecule has 0 aliphatic carbocycles. The second-order valence-electron chi connectivity index (χ2n) is 5.14. The molecule has 1 N–H and O–H groups in total. The normalized spacial score (nSPS) is 18.1. The van der Waals surface area contributed by atoms with Crippen LogP contribution in [0.1, 0.15) is 29.0 Å². The molecule has 20 heavy (non-hydrogen) atoms. The lowest BCUT2D eigenvalue weighted by Crippen LogP contribution is -2.49. The molecule has 3 heterocycles. The molecule has 0 saturated carbocycles. The van der Waals surface area contributed by atoms with Gasteiger partial charge in [-0.25, -0.2) is 0 Å². The molecule has 5 heteroatoms. The Morgan fingerprint density at radius 3 is 2.70 bits per heavy atom. The van der Waals surface area contributed by atoms with Gasteiger partial charge in [-0.15, -0.1) is 0 Å². The highest BCUT2D eigenvalue weighted by Gasteiger charge is 2.25. The van der Waals surface area contributed by atoms with Crippen molar-refractivity contribution in [1.82, 2.24) is 14.8 Å². The van der Waals surface area contributed by atoms with E-state index in [1.807, 2.05) is 17.0 Å². The van der Waals surface area contributed by atoms with Crippen LogP contribution in [0.25, 0.3) is 0 Å². The summed E-state index contributed by atoms with van der Waals surface area (Å²) in [5.74, 6) is 0.109. The van der Waals surface area contributed by atoms with E-state index in [1.54, 1.807) is 17.5 Å². The molecule has 0 radical (unpaired) electrons. The Hall–Kier alpha value is -1.59. The zero-order chi connectivity index (χ0) is 13.9. The first-order chi connectivity index (χ1) is 9.75. The maximum absolute atomic E-state index is 12.2. The van der Waals surface area contributed by atoms with Crippen molar-refractivity contribution in [3.8, 4) is 0 Å². The van der Waals surface area contributed by atoms with Crippen LogP contribution in [-0.2, 0) is 0 Å². The number of aromatic nitrogens is 1. The Morgan fingerprint density at radius 2 is 2.10 bits per heavy atom. The van der Waals surface area contributed by atoms with Crippen LogP contribution in [0.15, 0.2) is 35.2 Å². The number of nitrogens with zero attached hydrogens (tertiary/aromatic N) is 2. The van der Waals surface area contributed by atoms with Crippen molar-refractivity contribution in [1.29, 1.82) is 0 Å². The third kappa shape index (κ3) is 2.64. The lowest BCUT2D eigenvalue weighted by atomic mass is 10.1. The molecule has 0 spiro atoms. The first-order valence-corrected chi connectivity index (χ1v) is 7.89. The number of carbonyl (C=O) groups is 1. The smallest absolute Gasteiger partial charge is 0.270 e. The molecule has 1 saturated heterocycles. The molecule has 4 nitrogen and oxygen atoms in total. The van der Waals surface area contributed by atoms with Gasteiger partial charge in [-0.05, 0) is 41.4 Å². The first-order valence-electron chi connectivity index (χ1n) is 6.94. The number of nitrogens with one attached hydrogen (secondary N) is 1. The van der Waals surface area contributed by atoms with Crippen LogP contribution in [0.2, 0.25) is 0 Å². The molecule has 0 bridgehead atoms. The summed E-state index contributed by atoms with van der Waals surface area (Å²) >= 11 is 1.74. The summed E-state index contributed by atoms with van der Waals surface area (Å²) in [6.07, 6.45) is 1.79. The van der Waals surface area contributed by atoms with E-state index in [0.717, 1.165) is 26.2 Å². The predicted octanol–water partition coefficient (Wildman–Crippen LogP) is 2.60. The largest absolute Gasteiger partial charge is 0.357 e. The van der Waals surface area contributed by atoms with Crippen LogP contribution >= 0.6 is 11.3 Å². The maximum Gasteiger partial charge on any atom is 0.270 e. The third-order valence-corrected chi connectivity index (χ3v) is 4.70. The van der Waals surface area contributed by atoms with Gasteiger partial charge in [-0.2, -0.15) is 11.3 Å². The summed E-state index contributed by atoms with van der Waals surface area (Å²) in [6, 6.07) is 6.32. The quantitative estimate of drug-likeness (QED) is 0.943. The molecule has 0 unspecified atom stereocenters. The zero-order valence-corrected chi connectivity index (χ0v) is 12.4. The second kappa shape index (κ2) is 5.81. The van der Waals surface area contributed by atoms with Crippen LogP contribution < -0.4 is 0 Å². The van der Waals surface area contributed by atoms with Gasteiger partial charge in [0.2, 0.25) is 0 Å². The van der Waals surface area contributed by atoms with Gasteiger partial charge >= 0.3 is 0 Å². The van der Waals surface area contributed by atoms with Crippen molar-refractivity contribution < 1.29 is 4.79 Å². The van der Waals surface area contributed by atoms with E-state index in [4.69, 9.17) is 0 Å². The van der Waals surface area contributed by atoms with Crippen molar-refractivity contribution >= 4 is 17.2 Å². The fourth-order valence-corrected chi connectivity index (χ4v) is 3.42. The standard InChI is InChI=1S/C15H19N3OS/c1-12(13-4-10-20-11-13)17-6-8-18(9-7-17)15(19)14-3-2-5-16-14/h2-5,10-12,16H,6-9H2,1H3/t12-/m1/s1. The summed E-state index contributed by atoms with van der Waals surface area (Å²) in [5, 5.41) is 4.33. The van der Waals surface area contributed by atoms with Gasteiger partial charge in [0.15, 0.2) is 0 Å². The minimum absolute atomic E-state index is 0.109. The lowest BCUT2D eigenvalue weighted by Gasteiger charge is -2.37. The Bertz CT molecular complexity index is 542. The summed E-state index contributed by atoms with van der Waals surface area (Å²) < 4.78 is 0. The van der Waals surface area contributed by atoms with Crippen molar-refractivity contribution in [2.45, 2.75) is 13.0 Å². The fourth-order valence-electron chi connectivity index (χ4n) is 2.67. The molecule has 1 fully saturated rings. The summed E-state index contributed by atoms with van der Waals surface area (Å²) in [6.45, 7) is 5.70. The van der Waals surface area contributed by atoms with Crippen LogP contribution in [0.3, 0.4) is 0 Å². The van der Waals surface area contributed by atoms with Gasteiger partial charge < -0.3 is 9.88 Å². The summed E-state index contributed by atoms with van der Waals surface area (Å²) in [4.78, 5) is 19.6. The van der Waals surface area contributed by atoms with E-state index in [1.165, 1.54) is 5.56 Å². The van der Waals surface area contributed by atoms with Crippen LogP contribution in [-0.4, -0.2) is 46.9 Å². The zero-order valence-electron chi connectivity index (χ0n) is 11.6. The van der Waals surface area contributed by atoms with Crippen molar-refractivity contribution in [3.63, 3.8) is 0 Å². The van der Waals surface area contributed by atoms with E-state index in [0.29, 0.717) is 11.7 Å². The molecule has 1 aliphatic rings. The minimum Gasteiger partial charge on any atom is -0.357 e. The summed E-state index contributed by atoms with van der Waals surface area (Å²) in [5.41, 5.74) is 2.06. The number of aromatic amines is 1. The highest BCUT2D eigenvalue weighted by molar-refractivity contribution is 7.07. The topological polar surface area (TPSA) is 39.3 Å². The fraction of sp³-hybridized carbons (Fsp3) is 0.400. The van der Waals surface area contributed by atoms with Gasteiger partial charge in [-0.1, -0.05) is 0 Å². The predicted molar refractivity (Wildman–Crippen MR) is 81.0 cm³/mol. The van der Waals surface area contributed by atoms with Crippen LogP contribution in [0, 0.1) is 0 Å². The van der Waals surface area contributed by atoms with Gasteiger partial charge in [0, 0.05) is 38.4 Å². The molecule has 2 aromatic rings. The Morgan fingerprint density at radius 1 is 1.30 bits per heavy atom. The minimum atomic E-state index is 0.109. The van der Waals surface area contributed by atoms with E-state index >= 15 is 0 Å². The number of hydrogen-bond acceptors (Lipinski definition) is 3. The molecule has 106 valence electrons. The highest BCUT2D eigenvalue weighted by atomic mass is 32.1. The number of piperazine rings is 1. The maximum atomic E-state index is 12.2. The number of rotatable bonds is 3. The van der Waals surface area contributed by atoms with E-state index in [9.17, 15) is 4.79 Å².